The van der Waals surface area contributed by atoms with Gasteiger partial charge in [-0.3, -0.25) is 25.2 Å². The van der Waals surface area contributed by atoms with E-state index in [0.29, 0.717) is 27.0 Å². The van der Waals surface area contributed by atoms with Crippen LogP contribution in [0.4, 0.5) is 5.69 Å². The maximum Gasteiger partial charge on any atom is 0.276 e. The number of para-hydroxylation sites is 1. The van der Waals surface area contributed by atoms with Crippen molar-refractivity contribution in [3.63, 3.8) is 0 Å². The number of hydrogen-bond donors (Lipinski definition) is 1. The first kappa shape index (κ1) is 20.1. The summed E-state index contributed by atoms with van der Waals surface area (Å²) in [4.78, 5) is 28.6. The summed E-state index contributed by atoms with van der Waals surface area (Å²) >= 11 is 1.50. The lowest BCUT2D eigenvalue weighted by atomic mass is 10.1. The smallest absolute Gasteiger partial charge is 0.276 e. The van der Waals surface area contributed by atoms with Crippen molar-refractivity contribution in [1.82, 2.24) is 10.3 Å². The van der Waals surface area contributed by atoms with Gasteiger partial charge in [-0.2, -0.15) is 0 Å². The lowest BCUT2D eigenvalue weighted by Gasteiger charge is -2.34. The third kappa shape index (κ3) is 3.93. The lowest BCUT2D eigenvalue weighted by Crippen LogP contribution is -2.50. The van der Waals surface area contributed by atoms with E-state index in [1.54, 1.807) is 17.1 Å². The summed E-state index contributed by atoms with van der Waals surface area (Å²) in [6, 6.07) is 13.7. The van der Waals surface area contributed by atoms with Crippen LogP contribution < -0.4 is 15.9 Å². The van der Waals surface area contributed by atoms with Crippen molar-refractivity contribution in [2.75, 3.05) is 5.75 Å². The van der Waals surface area contributed by atoms with Crippen molar-refractivity contribution in [2.24, 2.45) is 10.1 Å². The van der Waals surface area contributed by atoms with Gasteiger partial charge >= 0.3 is 0 Å². The Balaban J connectivity index is 1.79. The van der Waals surface area contributed by atoms with Gasteiger partial charge in [0.1, 0.15) is 5.70 Å². The van der Waals surface area contributed by atoms with Crippen molar-refractivity contribution in [2.45, 2.75) is 32.4 Å². The van der Waals surface area contributed by atoms with Gasteiger partial charge in [-0.25, -0.2) is 5.01 Å². The molecule has 0 unspecified atom stereocenters. The Kier molecular flexibility index (Phi) is 5.80. The van der Waals surface area contributed by atoms with Crippen LogP contribution in [0.2, 0.25) is 0 Å². The van der Waals surface area contributed by atoms with E-state index in [1.165, 1.54) is 23.9 Å². The summed E-state index contributed by atoms with van der Waals surface area (Å²) in [5.41, 5.74) is 0.975. The third-order valence-electron chi connectivity index (χ3n) is 4.88. The molecule has 2 aliphatic rings. The van der Waals surface area contributed by atoms with Gasteiger partial charge < -0.3 is 0 Å². The molecule has 0 bridgehead atoms. The van der Waals surface area contributed by atoms with E-state index in [1.807, 2.05) is 24.3 Å². The number of thioether (sulfide) groups is 1. The number of non-ortho nitro benzene ring substituents is 1. The number of fused-ring (bicyclic) bond motifs is 2. The Bertz CT molecular complexity index is 1150. The fourth-order valence-electron chi connectivity index (χ4n) is 3.43. The van der Waals surface area contributed by atoms with Crippen molar-refractivity contribution < 1.29 is 9.72 Å². The second-order valence-corrected chi connectivity index (χ2v) is 8.06. The molecule has 2 aromatic carbocycles. The summed E-state index contributed by atoms with van der Waals surface area (Å²) in [5, 5.41) is 22.2. The molecule has 0 aliphatic carbocycles. The minimum Gasteiger partial charge on any atom is -0.298 e. The average Bonchev–Trinajstić information content (AvgIpc) is 2.76. The monoisotopic (exact) mass is 423 g/mol. The Morgan fingerprint density at radius 2 is 2.03 bits per heavy atom. The second kappa shape index (κ2) is 8.66. The number of nitro benzene ring substituents is 1. The number of amidine groups is 1. The molecule has 2 aliphatic heterocycles. The Hall–Kier alpha value is -3.20. The first-order valence-electron chi connectivity index (χ1n) is 9.82. The molecular formula is C21H21N5O3S. The SMILES string of the molecule is CCCCCSC1=NN2C(=c3ccccc3=N[C@@H]2c2cccc([N+](=O)[O-])c2)C(=O)N1. The highest BCUT2D eigenvalue weighted by Gasteiger charge is 2.34. The maximum atomic E-state index is 13.0. The molecule has 8 nitrogen and oxygen atoms in total. The predicted octanol–water partition coefficient (Wildman–Crippen LogP) is 2.66. The van der Waals surface area contributed by atoms with Crippen LogP contribution in [0.5, 0.6) is 0 Å². The molecule has 0 saturated carbocycles. The van der Waals surface area contributed by atoms with Crippen LogP contribution in [0, 0.1) is 10.1 Å². The Morgan fingerprint density at radius 1 is 1.20 bits per heavy atom. The summed E-state index contributed by atoms with van der Waals surface area (Å²) < 4.78 is 0. The van der Waals surface area contributed by atoms with Crippen LogP contribution in [-0.4, -0.2) is 26.8 Å². The zero-order chi connectivity index (χ0) is 21.1. The topological polar surface area (TPSA) is 100 Å². The molecule has 1 atom stereocenters. The Morgan fingerprint density at radius 3 is 2.83 bits per heavy atom. The van der Waals surface area contributed by atoms with E-state index in [-0.39, 0.29) is 11.6 Å². The number of nitrogens with one attached hydrogen (secondary N) is 1. The van der Waals surface area contributed by atoms with E-state index in [4.69, 9.17) is 4.99 Å². The highest BCUT2D eigenvalue weighted by molar-refractivity contribution is 8.13. The summed E-state index contributed by atoms with van der Waals surface area (Å²) in [7, 11) is 0. The number of nitrogens with zero attached hydrogens (tertiary/aromatic N) is 4. The molecule has 0 saturated heterocycles. The number of hydrogen-bond acceptors (Lipinski definition) is 7. The van der Waals surface area contributed by atoms with Gasteiger partial charge in [-0.05, 0) is 12.5 Å². The number of carbonyl (C=O) groups is 1. The summed E-state index contributed by atoms with van der Waals surface area (Å²) in [6.45, 7) is 2.14. The van der Waals surface area contributed by atoms with Gasteiger partial charge in [0.25, 0.3) is 11.6 Å². The molecule has 1 N–H and O–H groups in total. The molecule has 0 aromatic heterocycles. The van der Waals surface area contributed by atoms with Crippen LogP contribution in [0.1, 0.15) is 37.9 Å². The van der Waals surface area contributed by atoms with Gasteiger partial charge in [0.2, 0.25) is 0 Å². The van der Waals surface area contributed by atoms with Crippen LogP contribution in [0.3, 0.4) is 0 Å². The van der Waals surface area contributed by atoms with Gasteiger partial charge in [0.05, 0.1) is 10.3 Å². The molecule has 0 radical (unpaired) electrons. The first-order valence-corrected chi connectivity index (χ1v) is 10.8. The number of unbranched alkanes of at least 4 members (excludes halogenated alkanes) is 2. The summed E-state index contributed by atoms with van der Waals surface area (Å²) in [6.07, 6.45) is 2.61. The van der Waals surface area contributed by atoms with E-state index in [9.17, 15) is 14.9 Å². The number of rotatable bonds is 6. The zero-order valence-corrected chi connectivity index (χ0v) is 17.3. The number of benzene rings is 2. The fraction of sp³-hybridized carbons (Fsp3) is 0.286. The lowest BCUT2D eigenvalue weighted by molar-refractivity contribution is -0.384. The average molecular weight is 423 g/mol. The van der Waals surface area contributed by atoms with Crippen molar-refractivity contribution in [3.05, 3.63) is 74.8 Å². The normalized spacial score (nSPS) is 17.4. The molecule has 30 heavy (non-hydrogen) atoms. The largest absolute Gasteiger partial charge is 0.298 e. The number of hydrazone groups is 1. The van der Waals surface area contributed by atoms with Crippen molar-refractivity contribution >= 4 is 34.2 Å². The maximum absolute atomic E-state index is 13.0. The standard InChI is InChI=1S/C21H21N5O3S/c1-2-3-6-12-30-21-23-20(27)18-16-10-4-5-11-17(16)22-19(25(18)24-21)14-8-7-9-15(13-14)26(28)29/h4-5,7-11,13,19H,2-3,6,12H2,1H3,(H,23,24,27)/t19-/m0/s1. The minimum atomic E-state index is -0.660. The number of carbonyl (C=O) groups excluding carboxylic acids is 1. The molecule has 1 amide bonds. The van der Waals surface area contributed by atoms with Crippen LogP contribution in [-0.2, 0) is 4.79 Å². The molecule has 154 valence electrons. The van der Waals surface area contributed by atoms with Crippen LogP contribution in [0.25, 0.3) is 5.70 Å². The zero-order valence-electron chi connectivity index (χ0n) is 16.4. The highest BCUT2D eigenvalue weighted by Crippen LogP contribution is 2.32. The predicted molar refractivity (Wildman–Crippen MR) is 116 cm³/mol. The minimum absolute atomic E-state index is 0.0253. The van der Waals surface area contributed by atoms with Crippen LogP contribution >= 0.6 is 11.8 Å². The van der Waals surface area contributed by atoms with Crippen molar-refractivity contribution in [1.29, 1.82) is 0 Å². The molecule has 2 heterocycles. The fourth-order valence-corrected chi connectivity index (χ4v) is 4.28. The first-order chi connectivity index (χ1) is 14.6. The van der Waals surface area contributed by atoms with Crippen molar-refractivity contribution in [3.8, 4) is 0 Å². The van der Waals surface area contributed by atoms with Gasteiger partial charge in [0.15, 0.2) is 11.3 Å². The quantitative estimate of drug-likeness (QED) is 0.437. The summed E-state index contributed by atoms with van der Waals surface area (Å²) in [5.74, 6) is 0.603. The van der Waals surface area contributed by atoms with Crippen LogP contribution in [0.15, 0.2) is 58.6 Å². The highest BCUT2D eigenvalue weighted by atomic mass is 32.2. The van der Waals surface area contributed by atoms with Gasteiger partial charge in [0, 0.05) is 28.7 Å². The molecule has 9 heteroatoms. The van der Waals surface area contributed by atoms with Gasteiger partial charge in [-0.1, -0.05) is 61.9 Å². The number of nitro groups is 1. The van der Waals surface area contributed by atoms with Gasteiger partial charge in [-0.15, -0.1) is 5.10 Å². The number of amides is 1. The molecular weight excluding hydrogens is 402 g/mol. The van der Waals surface area contributed by atoms with E-state index in [2.05, 4.69) is 17.3 Å². The second-order valence-electron chi connectivity index (χ2n) is 6.98. The Labute approximate surface area is 177 Å². The van der Waals surface area contributed by atoms with E-state index in [0.717, 1.165) is 25.0 Å². The van der Waals surface area contributed by atoms with E-state index >= 15 is 0 Å². The molecule has 0 spiro atoms. The molecule has 4 rings (SSSR count). The third-order valence-corrected chi connectivity index (χ3v) is 5.83. The van der Waals surface area contributed by atoms with E-state index < -0.39 is 11.1 Å². The molecule has 2 aromatic rings. The molecule has 0 fully saturated rings.